The summed E-state index contributed by atoms with van der Waals surface area (Å²) in [5.41, 5.74) is 0.733. The third kappa shape index (κ3) is 6.27. The van der Waals surface area contributed by atoms with Crippen LogP contribution in [0.25, 0.3) is 0 Å². The highest BCUT2D eigenvalue weighted by Crippen LogP contribution is 2.27. The highest BCUT2D eigenvalue weighted by molar-refractivity contribution is 6.31. The molecule has 0 aromatic heterocycles. The van der Waals surface area contributed by atoms with Crippen LogP contribution < -0.4 is 10.1 Å². The lowest BCUT2D eigenvalue weighted by atomic mass is 10.2. The number of benzene rings is 2. The van der Waals surface area contributed by atoms with Crippen molar-refractivity contribution in [1.82, 2.24) is 0 Å². The molecule has 2 aromatic rings. The fourth-order valence-electron chi connectivity index (χ4n) is 2.10. The van der Waals surface area contributed by atoms with Gasteiger partial charge in [-0.15, -0.1) is 0 Å². The zero-order chi connectivity index (χ0) is 19.8. The number of anilines is 1. The number of hydrogen-bond acceptors (Lipinski definition) is 6. The van der Waals surface area contributed by atoms with E-state index in [-0.39, 0.29) is 23.0 Å². The second-order valence-corrected chi connectivity index (χ2v) is 5.85. The van der Waals surface area contributed by atoms with Crippen molar-refractivity contribution in [3.05, 3.63) is 63.2 Å². The maximum atomic E-state index is 11.8. The van der Waals surface area contributed by atoms with Crippen LogP contribution in [0.1, 0.15) is 12.5 Å². The molecule has 8 nitrogen and oxygen atoms in total. The summed E-state index contributed by atoms with van der Waals surface area (Å²) < 4.78 is 10.1. The number of amides is 1. The van der Waals surface area contributed by atoms with Gasteiger partial charge in [-0.2, -0.15) is 0 Å². The number of nitrogens with one attached hydrogen (secondary N) is 1. The maximum Gasteiger partial charge on any atom is 0.344 e. The van der Waals surface area contributed by atoms with Crippen molar-refractivity contribution < 1.29 is 24.0 Å². The first-order chi connectivity index (χ1) is 12.9. The average molecular weight is 393 g/mol. The summed E-state index contributed by atoms with van der Waals surface area (Å²) in [5.74, 6) is -0.957. The Morgan fingerprint density at radius 2 is 1.85 bits per heavy atom. The van der Waals surface area contributed by atoms with Crippen molar-refractivity contribution >= 4 is 34.9 Å². The molecular weight excluding hydrogens is 376 g/mol. The fourth-order valence-corrected chi connectivity index (χ4v) is 2.27. The quantitative estimate of drug-likeness (QED) is 0.419. The first kappa shape index (κ1) is 20.2. The van der Waals surface area contributed by atoms with Crippen molar-refractivity contribution in [2.45, 2.75) is 13.3 Å². The molecule has 2 aromatic carbocycles. The van der Waals surface area contributed by atoms with Gasteiger partial charge in [0, 0.05) is 11.1 Å². The van der Waals surface area contributed by atoms with Crippen LogP contribution in [0.4, 0.5) is 11.4 Å². The zero-order valence-electron chi connectivity index (χ0n) is 14.4. The Morgan fingerprint density at radius 3 is 2.48 bits per heavy atom. The van der Waals surface area contributed by atoms with Gasteiger partial charge in [0.1, 0.15) is 11.4 Å². The van der Waals surface area contributed by atoms with Gasteiger partial charge in [0.25, 0.3) is 11.6 Å². The van der Waals surface area contributed by atoms with Crippen molar-refractivity contribution in [3.63, 3.8) is 0 Å². The highest BCUT2D eigenvalue weighted by atomic mass is 35.5. The molecule has 0 atom stereocenters. The van der Waals surface area contributed by atoms with Gasteiger partial charge < -0.3 is 14.8 Å². The summed E-state index contributed by atoms with van der Waals surface area (Å²) in [6.45, 7) is 1.06. The number of hydrogen-bond donors (Lipinski definition) is 1. The normalized spacial score (nSPS) is 10.1. The molecule has 0 unspecified atom stereocenters. The zero-order valence-corrected chi connectivity index (χ0v) is 15.2. The van der Waals surface area contributed by atoms with Gasteiger partial charge >= 0.3 is 5.97 Å². The van der Waals surface area contributed by atoms with Crippen molar-refractivity contribution in [1.29, 1.82) is 0 Å². The van der Waals surface area contributed by atoms with E-state index in [0.29, 0.717) is 5.75 Å². The lowest BCUT2D eigenvalue weighted by Gasteiger charge is -2.08. The largest absolute Gasteiger partial charge is 0.482 e. The predicted octanol–water partition coefficient (Wildman–Crippen LogP) is 3.37. The number of nitro benzene ring substituents is 1. The number of carbonyl (C=O) groups is 2. The van der Waals surface area contributed by atoms with E-state index >= 15 is 0 Å². The SMILES string of the molecule is CCc1ccc(OCC(=O)OCC(=O)Nc2ccc(Cl)cc2[N+](=O)[O-])cc1. The minimum atomic E-state index is -0.740. The number of aryl methyl sites for hydroxylation is 1. The number of nitrogens with zero attached hydrogens (tertiary/aromatic N) is 1. The summed E-state index contributed by atoms with van der Waals surface area (Å²) in [6.07, 6.45) is 0.892. The molecule has 0 saturated heterocycles. The lowest BCUT2D eigenvalue weighted by molar-refractivity contribution is -0.383. The molecule has 2 rings (SSSR count). The van der Waals surface area contributed by atoms with E-state index in [1.54, 1.807) is 12.1 Å². The molecule has 1 amide bonds. The Hall–Kier alpha value is -3.13. The fraction of sp³-hybridized carbons (Fsp3) is 0.222. The molecule has 0 aliphatic rings. The van der Waals surface area contributed by atoms with Crippen LogP contribution in [-0.4, -0.2) is 30.0 Å². The molecule has 0 radical (unpaired) electrons. The average Bonchev–Trinajstić information content (AvgIpc) is 2.66. The van der Waals surface area contributed by atoms with Crippen molar-refractivity contribution in [3.8, 4) is 5.75 Å². The van der Waals surface area contributed by atoms with Gasteiger partial charge in [-0.3, -0.25) is 14.9 Å². The van der Waals surface area contributed by atoms with Crippen molar-refractivity contribution in [2.24, 2.45) is 0 Å². The third-order valence-electron chi connectivity index (χ3n) is 3.48. The van der Waals surface area contributed by atoms with E-state index in [1.165, 1.54) is 12.1 Å². The Bertz CT molecular complexity index is 838. The maximum absolute atomic E-state index is 11.8. The summed E-state index contributed by atoms with van der Waals surface area (Å²) in [7, 11) is 0. The summed E-state index contributed by atoms with van der Waals surface area (Å²) in [5, 5.41) is 13.4. The first-order valence-corrected chi connectivity index (χ1v) is 8.38. The Balaban J connectivity index is 1.81. The number of carbonyl (C=O) groups excluding carboxylic acids is 2. The van der Waals surface area contributed by atoms with Crippen molar-refractivity contribution in [2.75, 3.05) is 18.5 Å². The van der Waals surface area contributed by atoms with Crippen LogP contribution >= 0.6 is 11.6 Å². The van der Waals surface area contributed by atoms with Crippen LogP contribution in [0.15, 0.2) is 42.5 Å². The monoisotopic (exact) mass is 392 g/mol. The van der Waals surface area contributed by atoms with E-state index in [2.05, 4.69) is 5.32 Å². The van der Waals surface area contributed by atoms with Crippen LogP contribution in [0, 0.1) is 10.1 Å². The highest BCUT2D eigenvalue weighted by Gasteiger charge is 2.17. The van der Waals surface area contributed by atoms with Gasteiger partial charge in [-0.25, -0.2) is 4.79 Å². The minimum Gasteiger partial charge on any atom is -0.482 e. The minimum absolute atomic E-state index is 0.0438. The Labute approximate surface area is 160 Å². The number of halogens is 1. The molecule has 0 aliphatic heterocycles. The van der Waals surface area contributed by atoms with Gasteiger partial charge in [-0.1, -0.05) is 30.7 Å². The van der Waals surface area contributed by atoms with Crippen LogP contribution in [0.5, 0.6) is 5.75 Å². The first-order valence-electron chi connectivity index (χ1n) is 8.00. The molecule has 0 aliphatic carbocycles. The second-order valence-electron chi connectivity index (χ2n) is 5.41. The molecular formula is C18H17ClN2O6. The van der Waals surface area contributed by atoms with Gasteiger partial charge in [0.15, 0.2) is 13.2 Å². The molecule has 27 heavy (non-hydrogen) atoms. The van der Waals surface area contributed by atoms with Gasteiger partial charge in [0.2, 0.25) is 0 Å². The third-order valence-corrected chi connectivity index (χ3v) is 3.72. The number of ether oxygens (including phenoxy) is 2. The molecule has 9 heteroatoms. The molecule has 0 saturated carbocycles. The molecule has 142 valence electrons. The lowest BCUT2D eigenvalue weighted by Crippen LogP contribution is -2.24. The second kappa shape index (κ2) is 9.54. The van der Waals surface area contributed by atoms with Crippen LogP contribution in [0.3, 0.4) is 0 Å². The van der Waals surface area contributed by atoms with E-state index in [9.17, 15) is 19.7 Å². The Morgan fingerprint density at radius 1 is 1.15 bits per heavy atom. The predicted molar refractivity (Wildman–Crippen MR) is 99.0 cm³/mol. The molecule has 1 N–H and O–H groups in total. The summed E-state index contributed by atoms with van der Waals surface area (Å²) in [4.78, 5) is 33.8. The number of esters is 1. The molecule has 0 bridgehead atoms. The summed E-state index contributed by atoms with van der Waals surface area (Å²) >= 11 is 5.70. The van der Waals surface area contributed by atoms with Gasteiger partial charge in [0.05, 0.1) is 4.92 Å². The van der Waals surface area contributed by atoms with Crippen LogP contribution in [0.2, 0.25) is 5.02 Å². The summed E-state index contributed by atoms with van der Waals surface area (Å²) in [6, 6.07) is 11.0. The van der Waals surface area contributed by atoms with E-state index < -0.39 is 23.4 Å². The number of nitro groups is 1. The van der Waals surface area contributed by atoms with Gasteiger partial charge in [-0.05, 0) is 36.2 Å². The van der Waals surface area contributed by atoms with E-state index in [1.807, 2.05) is 19.1 Å². The molecule has 0 heterocycles. The van der Waals surface area contributed by atoms with Crippen LogP contribution in [-0.2, 0) is 20.7 Å². The Kier molecular flexibility index (Phi) is 7.13. The van der Waals surface area contributed by atoms with E-state index in [0.717, 1.165) is 18.1 Å². The van der Waals surface area contributed by atoms with E-state index in [4.69, 9.17) is 21.1 Å². The topological polar surface area (TPSA) is 108 Å². The number of rotatable bonds is 8. The smallest absolute Gasteiger partial charge is 0.344 e. The molecule has 0 fully saturated rings. The molecule has 0 spiro atoms. The standard InChI is InChI=1S/C18H17ClN2O6/c1-2-12-3-6-14(7-4-12)26-11-18(23)27-10-17(22)20-15-8-5-13(19)9-16(15)21(24)25/h3-9H,2,10-11H2,1H3,(H,20,22).